The molecular formula is C11H16N2OS. The molecule has 15 heavy (non-hydrogen) atoms. The van der Waals surface area contributed by atoms with Crippen LogP contribution in [-0.4, -0.2) is 11.8 Å². The van der Waals surface area contributed by atoms with Crippen LogP contribution in [-0.2, 0) is 4.79 Å². The van der Waals surface area contributed by atoms with Crippen molar-refractivity contribution in [1.29, 1.82) is 0 Å². The maximum absolute atomic E-state index is 10.7. The molecule has 0 spiro atoms. The molecule has 0 unspecified atom stereocenters. The minimum Gasteiger partial charge on any atom is -0.398 e. The summed E-state index contributed by atoms with van der Waals surface area (Å²) in [6.07, 6.45) is 0.886. The molecule has 82 valence electrons. The molecule has 1 rings (SSSR count). The number of aldehydes is 1. The first-order valence-corrected chi connectivity index (χ1v) is 5.53. The molecule has 3 nitrogen and oxygen atoms in total. The predicted octanol–water partition coefficient (Wildman–Crippen LogP) is 2.15. The van der Waals surface area contributed by atoms with Crippen LogP contribution >= 0.6 is 11.9 Å². The second-order valence-electron chi connectivity index (χ2n) is 4.06. The zero-order chi connectivity index (χ0) is 11.5. The van der Waals surface area contributed by atoms with E-state index < -0.39 is 5.54 Å². The van der Waals surface area contributed by atoms with Crippen LogP contribution in [0.2, 0.25) is 0 Å². The quantitative estimate of drug-likeness (QED) is 0.467. The van der Waals surface area contributed by atoms with Gasteiger partial charge in [-0.15, -0.1) is 0 Å². The second kappa shape index (κ2) is 4.68. The first-order valence-electron chi connectivity index (χ1n) is 4.71. The number of nitrogens with one attached hydrogen (secondary N) is 1. The van der Waals surface area contributed by atoms with Gasteiger partial charge in [0, 0.05) is 10.6 Å². The molecule has 0 fully saturated rings. The van der Waals surface area contributed by atoms with Crippen LogP contribution in [0.1, 0.15) is 19.4 Å². The summed E-state index contributed by atoms with van der Waals surface area (Å²) in [4.78, 5) is 11.7. The Morgan fingerprint density at radius 1 is 1.47 bits per heavy atom. The van der Waals surface area contributed by atoms with E-state index in [1.807, 2.05) is 39.0 Å². The second-order valence-corrected chi connectivity index (χ2v) is 4.94. The summed E-state index contributed by atoms with van der Waals surface area (Å²) in [7, 11) is 0. The average Bonchev–Trinajstić information content (AvgIpc) is 2.20. The van der Waals surface area contributed by atoms with E-state index >= 15 is 0 Å². The zero-order valence-corrected chi connectivity index (χ0v) is 10.0. The molecule has 0 atom stereocenters. The Labute approximate surface area is 94.6 Å². The molecule has 0 saturated carbocycles. The van der Waals surface area contributed by atoms with Crippen LogP contribution in [0.4, 0.5) is 5.69 Å². The molecule has 0 aliphatic carbocycles. The highest BCUT2D eigenvalue weighted by molar-refractivity contribution is 7.97. The monoisotopic (exact) mass is 224 g/mol. The Bertz CT molecular complexity index is 364. The van der Waals surface area contributed by atoms with Gasteiger partial charge in [-0.1, -0.05) is 6.07 Å². The molecule has 0 saturated heterocycles. The Morgan fingerprint density at radius 3 is 2.67 bits per heavy atom. The number of carbonyl (C=O) groups excluding carboxylic acids is 1. The van der Waals surface area contributed by atoms with E-state index in [1.165, 1.54) is 11.9 Å². The lowest BCUT2D eigenvalue weighted by Gasteiger charge is -2.18. The highest BCUT2D eigenvalue weighted by Gasteiger charge is 2.15. The van der Waals surface area contributed by atoms with Gasteiger partial charge >= 0.3 is 0 Å². The van der Waals surface area contributed by atoms with Crippen molar-refractivity contribution in [3.8, 4) is 0 Å². The summed E-state index contributed by atoms with van der Waals surface area (Å²) >= 11 is 1.41. The summed E-state index contributed by atoms with van der Waals surface area (Å²) < 4.78 is 3.06. The lowest BCUT2D eigenvalue weighted by Crippen LogP contribution is -2.35. The topological polar surface area (TPSA) is 55.1 Å². The normalized spacial score (nSPS) is 11.4. The van der Waals surface area contributed by atoms with Gasteiger partial charge in [0.25, 0.3) is 0 Å². The van der Waals surface area contributed by atoms with Crippen molar-refractivity contribution in [2.75, 3.05) is 5.73 Å². The summed E-state index contributed by atoms with van der Waals surface area (Å²) in [6, 6.07) is 5.84. The van der Waals surface area contributed by atoms with Gasteiger partial charge in [-0.2, -0.15) is 0 Å². The van der Waals surface area contributed by atoms with Gasteiger partial charge in [0.2, 0.25) is 0 Å². The third-order valence-corrected chi connectivity index (χ3v) is 3.10. The molecule has 0 radical (unpaired) electrons. The number of nitrogen functional groups attached to an aromatic ring is 1. The van der Waals surface area contributed by atoms with Crippen molar-refractivity contribution >= 4 is 23.9 Å². The molecule has 1 aromatic carbocycles. The smallest absolute Gasteiger partial charge is 0.140 e. The van der Waals surface area contributed by atoms with Crippen LogP contribution < -0.4 is 10.5 Å². The Hall–Kier alpha value is -1.00. The van der Waals surface area contributed by atoms with Gasteiger partial charge < -0.3 is 10.5 Å². The number of benzene rings is 1. The number of aryl methyl sites for hydroxylation is 1. The number of carbonyl (C=O) groups is 1. The average molecular weight is 224 g/mol. The lowest BCUT2D eigenvalue weighted by atomic mass is 10.1. The van der Waals surface area contributed by atoms with Gasteiger partial charge in [-0.3, -0.25) is 0 Å². The number of rotatable bonds is 4. The van der Waals surface area contributed by atoms with Crippen LogP contribution in [0.3, 0.4) is 0 Å². The molecular weight excluding hydrogens is 208 g/mol. The van der Waals surface area contributed by atoms with Gasteiger partial charge in [-0.25, -0.2) is 4.72 Å². The van der Waals surface area contributed by atoms with E-state index in [4.69, 9.17) is 5.73 Å². The van der Waals surface area contributed by atoms with E-state index in [2.05, 4.69) is 4.72 Å². The molecule has 0 aliphatic heterocycles. The Balaban J connectivity index is 2.66. The third kappa shape index (κ3) is 3.57. The lowest BCUT2D eigenvalue weighted by molar-refractivity contribution is -0.111. The third-order valence-electron chi connectivity index (χ3n) is 1.98. The fourth-order valence-electron chi connectivity index (χ4n) is 0.897. The standard InChI is InChI=1S/C11H16N2OS/c1-8-4-5-9(6-10(8)12)15-13-11(2,3)7-14/h4-7,13H,12H2,1-3H3. The summed E-state index contributed by atoms with van der Waals surface area (Å²) in [5.74, 6) is 0. The Morgan fingerprint density at radius 2 is 2.13 bits per heavy atom. The minimum atomic E-state index is -0.523. The first-order chi connectivity index (χ1) is 6.94. The maximum Gasteiger partial charge on any atom is 0.140 e. The summed E-state index contributed by atoms with van der Waals surface area (Å²) in [6.45, 7) is 5.61. The SMILES string of the molecule is Cc1ccc(SNC(C)(C)C=O)cc1N. The van der Waals surface area contributed by atoms with Crippen molar-refractivity contribution in [2.24, 2.45) is 0 Å². The van der Waals surface area contributed by atoms with Crippen LogP contribution in [0.15, 0.2) is 23.1 Å². The van der Waals surface area contributed by atoms with Crippen molar-refractivity contribution in [3.05, 3.63) is 23.8 Å². The molecule has 0 heterocycles. The maximum atomic E-state index is 10.7. The molecule has 0 aliphatic rings. The van der Waals surface area contributed by atoms with Gasteiger partial charge in [0.05, 0.1) is 5.54 Å². The highest BCUT2D eigenvalue weighted by Crippen LogP contribution is 2.22. The van der Waals surface area contributed by atoms with Crippen LogP contribution in [0.5, 0.6) is 0 Å². The van der Waals surface area contributed by atoms with E-state index in [9.17, 15) is 4.79 Å². The number of nitrogens with two attached hydrogens (primary N) is 1. The van der Waals surface area contributed by atoms with E-state index in [0.29, 0.717) is 0 Å². The van der Waals surface area contributed by atoms with Crippen LogP contribution in [0.25, 0.3) is 0 Å². The number of hydrogen-bond acceptors (Lipinski definition) is 4. The fraction of sp³-hybridized carbons (Fsp3) is 0.364. The molecule has 0 aromatic heterocycles. The fourth-order valence-corrected chi connectivity index (χ4v) is 1.65. The Kier molecular flexibility index (Phi) is 3.77. The van der Waals surface area contributed by atoms with Crippen molar-refractivity contribution < 1.29 is 4.79 Å². The molecule has 0 amide bonds. The molecule has 4 heteroatoms. The van der Waals surface area contributed by atoms with Crippen LogP contribution in [0, 0.1) is 6.92 Å². The minimum absolute atomic E-state index is 0.523. The summed E-state index contributed by atoms with van der Waals surface area (Å²) in [5, 5.41) is 0. The van der Waals surface area contributed by atoms with Gasteiger partial charge in [0.1, 0.15) is 6.29 Å². The van der Waals surface area contributed by atoms with Crippen molar-refractivity contribution in [2.45, 2.75) is 31.2 Å². The first kappa shape index (κ1) is 12.1. The molecule has 3 N–H and O–H groups in total. The summed E-state index contributed by atoms with van der Waals surface area (Å²) in [5.41, 5.74) is 7.09. The predicted molar refractivity (Wildman–Crippen MR) is 64.7 cm³/mol. The van der Waals surface area contributed by atoms with Gasteiger partial charge in [0.15, 0.2) is 0 Å². The van der Waals surface area contributed by atoms with Gasteiger partial charge in [-0.05, 0) is 50.4 Å². The zero-order valence-electron chi connectivity index (χ0n) is 9.20. The highest BCUT2D eigenvalue weighted by atomic mass is 32.2. The molecule has 0 bridgehead atoms. The molecule has 1 aromatic rings. The number of anilines is 1. The van der Waals surface area contributed by atoms with Crippen molar-refractivity contribution in [1.82, 2.24) is 4.72 Å². The van der Waals surface area contributed by atoms with Crippen molar-refractivity contribution in [3.63, 3.8) is 0 Å². The van der Waals surface area contributed by atoms with E-state index in [1.54, 1.807) is 0 Å². The van der Waals surface area contributed by atoms with E-state index in [0.717, 1.165) is 22.4 Å². The largest absolute Gasteiger partial charge is 0.398 e. The number of hydrogen-bond donors (Lipinski definition) is 2. The van der Waals surface area contributed by atoms with E-state index in [-0.39, 0.29) is 0 Å².